The second-order valence-electron chi connectivity index (χ2n) is 7.34. The van der Waals surface area contributed by atoms with E-state index in [0.29, 0.717) is 5.41 Å². The van der Waals surface area contributed by atoms with Crippen molar-refractivity contribution in [3.63, 3.8) is 0 Å². The highest BCUT2D eigenvalue weighted by atomic mass is 16.5. The Hall–Kier alpha value is -0.820. The van der Waals surface area contributed by atoms with Gasteiger partial charge in [-0.3, -0.25) is 0 Å². The summed E-state index contributed by atoms with van der Waals surface area (Å²) in [6.45, 7) is 6.49. The van der Waals surface area contributed by atoms with Gasteiger partial charge in [-0.15, -0.1) is 0 Å². The Bertz CT molecular complexity index is 382. The van der Waals surface area contributed by atoms with Crippen LogP contribution in [0.2, 0.25) is 0 Å². The molecule has 1 aromatic carbocycles. The molecule has 0 radical (unpaired) electrons. The van der Waals surface area contributed by atoms with Gasteiger partial charge in [0.25, 0.3) is 0 Å². The first kappa shape index (κ1) is 16.5. The number of hydrogen-bond acceptors (Lipinski definition) is 1. The van der Waals surface area contributed by atoms with Crippen LogP contribution in [0.4, 0.5) is 0 Å². The maximum atomic E-state index is 5.71. The Morgan fingerprint density at radius 2 is 1.57 bits per heavy atom. The van der Waals surface area contributed by atoms with Gasteiger partial charge in [0, 0.05) is 6.61 Å². The summed E-state index contributed by atoms with van der Waals surface area (Å²) in [5.41, 5.74) is 1.95. The summed E-state index contributed by atoms with van der Waals surface area (Å²) in [5, 5.41) is 0. The third-order valence-electron chi connectivity index (χ3n) is 4.92. The average Bonchev–Trinajstić information content (AvgIpc) is 3.09. The Morgan fingerprint density at radius 3 is 2.24 bits per heavy atom. The molecule has 0 bridgehead atoms. The maximum Gasteiger partial charge on any atom is 0.0716 e. The SMILES string of the molecule is CC1(C)CC1CCCCCCCCOCc1ccccc1. The number of unbranched alkanes of at least 4 members (excludes halogenated alkanes) is 5. The highest BCUT2D eigenvalue weighted by Crippen LogP contribution is 2.54. The van der Waals surface area contributed by atoms with Crippen molar-refractivity contribution in [2.24, 2.45) is 11.3 Å². The topological polar surface area (TPSA) is 9.23 Å². The van der Waals surface area contributed by atoms with E-state index in [2.05, 4.69) is 38.1 Å². The average molecular weight is 288 g/mol. The zero-order chi connectivity index (χ0) is 15.0. The van der Waals surface area contributed by atoms with Crippen LogP contribution < -0.4 is 0 Å². The summed E-state index contributed by atoms with van der Waals surface area (Å²) in [7, 11) is 0. The molecule has 0 N–H and O–H groups in total. The molecule has 1 aromatic rings. The minimum Gasteiger partial charge on any atom is -0.377 e. The number of ether oxygens (including phenoxy) is 1. The first-order valence-electron chi connectivity index (χ1n) is 8.80. The van der Waals surface area contributed by atoms with E-state index in [1.54, 1.807) is 0 Å². The number of benzene rings is 1. The monoisotopic (exact) mass is 288 g/mol. The molecule has 0 saturated heterocycles. The lowest BCUT2D eigenvalue weighted by Gasteiger charge is -2.05. The molecule has 1 fully saturated rings. The molecular formula is C20H32O. The van der Waals surface area contributed by atoms with Crippen LogP contribution in [0.3, 0.4) is 0 Å². The molecule has 21 heavy (non-hydrogen) atoms. The van der Waals surface area contributed by atoms with E-state index in [0.717, 1.165) is 19.1 Å². The van der Waals surface area contributed by atoms with Crippen LogP contribution in [-0.2, 0) is 11.3 Å². The molecule has 0 aliphatic heterocycles. The smallest absolute Gasteiger partial charge is 0.0716 e. The van der Waals surface area contributed by atoms with Crippen molar-refractivity contribution in [2.75, 3.05) is 6.61 Å². The quantitative estimate of drug-likeness (QED) is 0.455. The van der Waals surface area contributed by atoms with Crippen LogP contribution in [0.1, 0.15) is 70.8 Å². The van der Waals surface area contributed by atoms with Crippen LogP contribution in [0.25, 0.3) is 0 Å². The first-order valence-corrected chi connectivity index (χ1v) is 8.80. The highest BCUT2D eigenvalue weighted by molar-refractivity contribution is 5.13. The molecule has 118 valence electrons. The second-order valence-corrected chi connectivity index (χ2v) is 7.34. The van der Waals surface area contributed by atoms with Gasteiger partial charge in [0.15, 0.2) is 0 Å². The lowest BCUT2D eigenvalue weighted by molar-refractivity contribution is 0.116. The predicted molar refractivity (Wildman–Crippen MR) is 90.3 cm³/mol. The Balaban J connectivity index is 1.33. The van der Waals surface area contributed by atoms with E-state index < -0.39 is 0 Å². The van der Waals surface area contributed by atoms with Crippen molar-refractivity contribution >= 4 is 0 Å². The van der Waals surface area contributed by atoms with Crippen LogP contribution in [0.15, 0.2) is 30.3 Å². The van der Waals surface area contributed by atoms with E-state index >= 15 is 0 Å². The zero-order valence-corrected chi connectivity index (χ0v) is 13.9. The van der Waals surface area contributed by atoms with E-state index in [-0.39, 0.29) is 0 Å². The van der Waals surface area contributed by atoms with Gasteiger partial charge >= 0.3 is 0 Å². The summed E-state index contributed by atoms with van der Waals surface area (Å²) < 4.78 is 5.71. The Labute approximate surface area is 131 Å². The molecule has 1 atom stereocenters. The largest absolute Gasteiger partial charge is 0.377 e. The van der Waals surface area contributed by atoms with Crippen LogP contribution >= 0.6 is 0 Å². The van der Waals surface area contributed by atoms with Crippen molar-refractivity contribution in [3.05, 3.63) is 35.9 Å². The standard InChI is InChI=1S/C20H32O/c1-20(2)16-19(20)14-10-5-3-4-6-11-15-21-17-18-12-8-7-9-13-18/h7-9,12-13,19H,3-6,10-11,14-17H2,1-2H3. The third kappa shape index (κ3) is 6.65. The molecule has 0 aromatic heterocycles. The van der Waals surface area contributed by atoms with E-state index in [4.69, 9.17) is 4.74 Å². The van der Waals surface area contributed by atoms with Crippen molar-refractivity contribution < 1.29 is 4.74 Å². The maximum absolute atomic E-state index is 5.71. The molecule has 0 spiro atoms. The van der Waals surface area contributed by atoms with Gasteiger partial charge in [0.1, 0.15) is 0 Å². The highest BCUT2D eigenvalue weighted by Gasteiger charge is 2.44. The minimum absolute atomic E-state index is 0.677. The second kappa shape index (κ2) is 8.58. The summed E-state index contributed by atoms with van der Waals surface area (Å²) in [6, 6.07) is 10.4. The number of hydrogen-bond donors (Lipinski definition) is 0. The van der Waals surface area contributed by atoms with Gasteiger partial charge < -0.3 is 4.74 Å². The molecule has 1 saturated carbocycles. The summed E-state index contributed by atoms with van der Waals surface area (Å²) in [5.74, 6) is 1.03. The molecule has 2 rings (SSSR count). The van der Waals surface area contributed by atoms with Gasteiger partial charge in [0.05, 0.1) is 6.61 Å². The van der Waals surface area contributed by atoms with E-state index in [1.165, 1.54) is 56.9 Å². The fourth-order valence-electron chi connectivity index (χ4n) is 3.14. The van der Waals surface area contributed by atoms with Crippen LogP contribution in [0.5, 0.6) is 0 Å². The lowest BCUT2D eigenvalue weighted by atomic mass is 10.0. The molecule has 0 amide bonds. The normalized spacial score (nSPS) is 19.6. The minimum atomic E-state index is 0.677. The Morgan fingerprint density at radius 1 is 0.952 bits per heavy atom. The van der Waals surface area contributed by atoms with Gasteiger partial charge in [-0.05, 0) is 36.2 Å². The molecular weight excluding hydrogens is 256 g/mol. The van der Waals surface area contributed by atoms with Gasteiger partial charge in [-0.1, -0.05) is 76.3 Å². The van der Waals surface area contributed by atoms with Gasteiger partial charge in [-0.25, -0.2) is 0 Å². The predicted octanol–water partition coefficient (Wildman–Crippen LogP) is 5.98. The third-order valence-corrected chi connectivity index (χ3v) is 4.92. The summed E-state index contributed by atoms with van der Waals surface area (Å²) in [6.07, 6.45) is 11.1. The molecule has 0 heterocycles. The first-order chi connectivity index (χ1) is 10.2. The summed E-state index contributed by atoms with van der Waals surface area (Å²) >= 11 is 0. The molecule has 1 unspecified atom stereocenters. The van der Waals surface area contributed by atoms with Crippen LogP contribution in [0, 0.1) is 11.3 Å². The van der Waals surface area contributed by atoms with Crippen molar-refractivity contribution in [1.29, 1.82) is 0 Å². The van der Waals surface area contributed by atoms with E-state index in [9.17, 15) is 0 Å². The molecule has 1 heteroatoms. The number of rotatable bonds is 11. The molecule has 1 aliphatic carbocycles. The molecule has 1 aliphatic rings. The summed E-state index contributed by atoms with van der Waals surface area (Å²) in [4.78, 5) is 0. The van der Waals surface area contributed by atoms with Crippen molar-refractivity contribution in [3.8, 4) is 0 Å². The van der Waals surface area contributed by atoms with Gasteiger partial charge in [-0.2, -0.15) is 0 Å². The van der Waals surface area contributed by atoms with Crippen molar-refractivity contribution in [2.45, 2.75) is 71.8 Å². The molecule has 1 nitrogen and oxygen atoms in total. The Kier molecular flexibility index (Phi) is 6.76. The lowest BCUT2D eigenvalue weighted by Crippen LogP contribution is -1.95. The van der Waals surface area contributed by atoms with Crippen molar-refractivity contribution in [1.82, 2.24) is 0 Å². The van der Waals surface area contributed by atoms with Gasteiger partial charge in [0.2, 0.25) is 0 Å². The fourth-order valence-corrected chi connectivity index (χ4v) is 3.14. The van der Waals surface area contributed by atoms with Crippen LogP contribution in [-0.4, -0.2) is 6.61 Å². The zero-order valence-electron chi connectivity index (χ0n) is 13.9. The van der Waals surface area contributed by atoms with E-state index in [1.807, 2.05) is 6.07 Å². The fraction of sp³-hybridized carbons (Fsp3) is 0.700.